The van der Waals surface area contributed by atoms with Crippen LogP contribution in [0.3, 0.4) is 0 Å². The van der Waals surface area contributed by atoms with Gasteiger partial charge in [-0.25, -0.2) is 0 Å². The van der Waals surface area contributed by atoms with Crippen LogP contribution in [0.25, 0.3) is 0 Å². The number of aromatic nitrogens is 1. The average Bonchev–Trinajstić information content (AvgIpc) is 3.10. The van der Waals surface area contributed by atoms with E-state index in [-0.39, 0.29) is 0 Å². The molecule has 16 heavy (non-hydrogen) atoms. The van der Waals surface area contributed by atoms with Gasteiger partial charge in [-0.3, -0.25) is 4.98 Å². The van der Waals surface area contributed by atoms with Gasteiger partial charge in [-0.1, -0.05) is 6.08 Å². The van der Waals surface area contributed by atoms with Gasteiger partial charge in [0.05, 0.1) is 0 Å². The number of aryl methyl sites for hydroxylation is 1. The molecule has 0 saturated heterocycles. The second kappa shape index (κ2) is 4.66. The van der Waals surface area contributed by atoms with Crippen LogP contribution in [-0.4, -0.2) is 17.6 Å². The summed E-state index contributed by atoms with van der Waals surface area (Å²) in [6, 6.07) is 2.80. The van der Waals surface area contributed by atoms with Gasteiger partial charge in [-0.2, -0.15) is 0 Å². The summed E-state index contributed by atoms with van der Waals surface area (Å²) in [6.45, 7) is 7.28. The van der Waals surface area contributed by atoms with Gasteiger partial charge >= 0.3 is 0 Å². The summed E-state index contributed by atoms with van der Waals surface area (Å²) < 4.78 is 0. The quantitative estimate of drug-likeness (QED) is 0.767. The third kappa shape index (κ3) is 2.25. The Morgan fingerprint density at radius 1 is 1.62 bits per heavy atom. The van der Waals surface area contributed by atoms with Crippen LogP contribution in [0.15, 0.2) is 24.9 Å². The third-order valence-electron chi connectivity index (χ3n) is 2.94. The molecule has 0 bridgehead atoms. The van der Waals surface area contributed by atoms with Gasteiger partial charge in [0, 0.05) is 42.3 Å². The predicted octanol–water partition coefficient (Wildman–Crippen LogP) is 2.00. The summed E-state index contributed by atoms with van der Waals surface area (Å²) in [5.41, 5.74) is 9.16. The van der Waals surface area contributed by atoms with Crippen LogP contribution in [0.2, 0.25) is 0 Å². The monoisotopic (exact) mass is 217 g/mol. The van der Waals surface area contributed by atoms with E-state index in [1.165, 1.54) is 18.5 Å². The van der Waals surface area contributed by atoms with E-state index in [9.17, 15) is 0 Å². The number of rotatable bonds is 5. The first-order chi connectivity index (χ1) is 7.76. The molecule has 3 nitrogen and oxygen atoms in total. The van der Waals surface area contributed by atoms with E-state index in [1.54, 1.807) is 0 Å². The molecule has 86 valence electrons. The van der Waals surface area contributed by atoms with E-state index in [2.05, 4.69) is 22.5 Å². The molecule has 1 heterocycles. The highest BCUT2D eigenvalue weighted by Gasteiger charge is 2.29. The van der Waals surface area contributed by atoms with Gasteiger partial charge in [0.15, 0.2) is 0 Å². The topological polar surface area (TPSA) is 42.2 Å². The van der Waals surface area contributed by atoms with E-state index >= 15 is 0 Å². The Morgan fingerprint density at radius 2 is 2.38 bits per heavy atom. The Hall–Kier alpha value is -1.35. The molecule has 1 saturated carbocycles. The van der Waals surface area contributed by atoms with Gasteiger partial charge in [0.25, 0.3) is 0 Å². The van der Waals surface area contributed by atoms with Crippen LogP contribution in [0.4, 0.5) is 5.69 Å². The van der Waals surface area contributed by atoms with Crippen molar-refractivity contribution in [3.05, 3.63) is 36.2 Å². The van der Waals surface area contributed by atoms with Crippen molar-refractivity contribution in [2.24, 2.45) is 5.73 Å². The summed E-state index contributed by atoms with van der Waals surface area (Å²) in [5, 5.41) is 0. The first-order valence-corrected chi connectivity index (χ1v) is 5.79. The van der Waals surface area contributed by atoms with Crippen LogP contribution in [0.1, 0.15) is 24.1 Å². The lowest BCUT2D eigenvalue weighted by atomic mass is 10.2. The van der Waals surface area contributed by atoms with Crippen molar-refractivity contribution in [2.45, 2.75) is 32.4 Å². The Balaban J connectivity index is 2.33. The molecule has 1 aliphatic carbocycles. The van der Waals surface area contributed by atoms with Gasteiger partial charge in [0.2, 0.25) is 0 Å². The lowest BCUT2D eigenvalue weighted by Crippen LogP contribution is -2.27. The summed E-state index contributed by atoms with van der Waals surface area (Å²) in [5.74, 6) is 0. The Labute approximate surface area is 97.0 Å². The highest BCUT2D eigenvalue weighted by atomic mass is 15.2. The van der Waals surface area contributed by atoms with Crippen molar-refractivity contribution in [3.8, 4) is 0 Å². The molecule has 3 heteroatoms. The lowest BCUT2D eigenvalue weighted by Gasteiger charge is -2.25. The number of anilines is 1. The molecular weight excluding hydrogens is 198 g/mol. The zero-order chi connectivity index (χ0) is 11.5. The first-order valence-electron chi connectivity index (χ1n) is 5.79. The van der Waals surface area contributed by atoms with E-state index in [4.69, 9.17) is 5.73 Å². The van der Waals surface area contributed by atoms with Crippen molar-refractivity contribution < 1.29 is 0 Å². The lowest BCUT2D eigenvalue weighted by molar-refractivity contribution is 0.843. The molecule has 1 aromatic rings. The Bertz CT molecular complexity index is 383. The fraction of sp³-hybridized carbons (Fsp3) is 0.462. The molecule has 0 spiro atoms. The number of nitrogens with zero attached hydrogens (tertiary/aromatic N) is 2. The molecule has 2 N–H and O–H groups in total. The number of hydrogen-bond acceptors (Lipinski definition) is 3. The van der Waals surface area contributed by atoms with E-state index in [0.29, 0.717) is 12.6 Å². The zero-order valence-corrected chi connectivity index (χ0v) is 9.82. The molecule has 0 aromatic carbocycles. The van der Waals surface area contributed by atoms with Crippen molar-refractivity contribution in [1.29, 1.82) is 0 Å². The van der Waals surface area contributed by atoms with Crippen LogP contribution in [-0.2, 0) is 6.54 Å². The highest BCUT2D eigenvalue weighted by Crippen LogP contribution is 2.33. The number of hydrogen-bond donors (Lipinski definition) is 1. The maximum Gasteiger partial charge on any atom is 0.0450 e. The maximum atomic E-state index is 5.76. The summed E-state index contributed by atoms with van der Waals surface area (Å²) >= 11 is 0. The highest BCUT2D eigenvalue weighted by molar-refractivity contribution is 5.55. The fourth-order valence-corrected chi connectivity index (χ4v) is 1.97. The normalized spacial score (nSPS) is 14.9. The Morgan fingerprint density at radius 3 is 2.94 bits per heavy atom. The fourth-order valence-electron chi connectivity index (χ4n) is 1.97. The van der Waals surface area contributed by atoms with Gasteiger partial charge < -0.3 is 10.6 Å². The summed E-state index contributed by atoms with van der Waals surface area (Å²) in [4.78, 5) is 6.69. The van der Waals surface area contributed by atoms with E-state index in [1.807, 2.05) is 19.2 Å². The van der Waals surface area contributed by atoms with Crippen molar-refractivity contribution in [3.63, 3.8) is 0 Å². The minimum Gasteiger partial charge on any atom is -0.364 e. The minimum atomic E-state index is 0.545. The van der Waals surface area contributed by atoms with Crippen LogP contribution < -0.4 is 10.6 Å². The van der Waals surface area contributed by atoms with Gasteiger partial charge in [-0.15, -0.1) is 6.58 Å². The molecule has 0 amide bonds. The average molecular weight is 217 g/mol. The van der Waals surface area contributed by atoms with E-state index < -0.39 is 0 Å². The van der Waals surface area contributed by atoms with Crippen molar-refractivity contribution in [1.82, 2.24) is 4.98 Å². The summed E-state index contributed by atoms with van der Waals surface area (Å²) in [7, 11) is 0. The molecule has 0 radical (unpaired) electrons. The minimum absolute atomic E-state index is 0.545. The van der Waals surface area contributed by atoms with Gasteiger partial charge in [0.1, 0.15) is 0 Å². The van der Waals surface area contributed by atoms with Crippen molar-refractivity contribution >= 4 is 5.69 Å². The zero-order valence-electron chi connectivity index (χ0n) is 9.82. The maximum absolute atomic E-state index is 5.76. The summed E-state index contributed by atoms with van der Waals surface area (Å²) in [6.07, 6.45) is 6.40. The molecule has 1 fully saturated rings. The van der Waals surface area contributed by atoms with Crippen molar-refractivity contribution in [2.75, 3.05) is 11.4 Å². The largest absolute Gasteiger partial charge is 0.364 e. The number of nitrogens with two attached hydrogens (primary N) is 1. The third-order valence-corrected chi connectivity index (χ3v) is 2.94. The second-order valence-corrected chi connectivity index (χ2v) is 4.33. The van der Waals surface area contributed by atoms with Crippen LogP contribution in [0, 0.1) is 6.92 Å². The Kier molecular flexibility index (Phi) is 3.25. The molecule has 0 unspecified atom stereocenters. The first kappa shape index (κ1) is 11.1. The molecule has 1 aromatic heterocycles. The molecular formula is C13H19N3. The predicted molar refractivity (Wildman–Crippen MR) is 67.4 cm³/mol. The molecule has 0 aliphatic heterocycles. The molecule has 1 aliphatic rings. The smallest absolute Gasteiger partial charge is 0.0450 e. The molecule has 0 atom stereocenters. The standard InChI is InChI=1S/C13H19N3/c1-3-6-16(12-4-5-12)13-7-10(2)15-9-11(13)8-14/h3,7,9,12H,1,4-6,8,14H2,2H3. The molecule has 2 rings (SSSR count). The number of pyridine rings is 1. The van der Waals surface area contributed by atoms with E-state index in [0.717, 1.165) is 17.8 Å². The van der Waals surface area contributed by atoms with Gasteiger partial charge in [-0.05, 0) is 25.8 Å². The SMILES string of the molecule is C=CCN(c1cc(C)ncc1CN)C1CC1. The van der Waals surface area contributed by atoms with Crippen LogP contribution >= 0.6 is 0 Å². The van der Waals surface area contributed by atoms with Crippen LogP contribution in [0.5, 0.6) is 0 Å². The second-order valence-electron chi connectivity index (χ2n) is 4.33.